The van der Waals surface area contributed by atoms with E-state index in [2.05, 4.69) is 22.0 Å². The summed E-state index contributed by atoms with van der Waals surface area (Å²) < 4.78 is 3.70. The van der Waals surface area contributed by atoms with Crippen LogP contribution in [0, 0.1) is 0 Å². The zero-order valence-corrected chi connectivity index (χ0v) is 8.59. The molecule has 0 unspecified atom stereocenters. The Morgan fingerprint density at radius 2 is 2.40 bits per heavy atom. The first-order valence-corrected chi connectivity index (χ1v) is 4.68. The summed E-state index contributed by atoms with van der Waals surface area (Å²) in [5, 5.41) is 7.34. The van der Waals surface area contributed by atoms with Crippen LogP contribution < -0.4 is 5.32 Å². The lowest BCUT2D eigenvalue weighted by atomic mass is 10.6. The molecule has 2 aromatic rings. The molecule has 0 spiro atoms. The highest BCUT2D eigenvalue weighted by molar-refractivity contribution is 5.47. The molecule has 2 heterocycles. The molecule has 0 amide bonds. The zero-order valence-electron chi connectivity index (χ0n) is 8.59. The lowest BCUT2D eigenvalue weighted by molar-refractivity contribution is 0.768. The van der Waals surface area contributed by atoms with Gasteiger partial charge < -0.3 is 9.88 Å². The molecular weight excluding hydrogens is 190 g/mol. The van der Waals surface area contributed by atoms with Crippen LogP contribution in [-0.4, -0.2) is 19.3 Å². The summed E-state index contributed by atoms with van der Waals surface area (Å²) >= 11 is 0. The SMILES string of the molecule is C=CCn1ccnc1Nc1ccn(C)n1. The Bertz CT molecular complexity index is 454. The van der Waals surface area contributed by atoms with Crippen molar-refractivity contribution in [2.75, 3.05) is 5.32 Å². The van der Waals surface area contributed by atoms with Gasteiger partial charge in [-0.1, -0.05) is 6.08 Å². The minimum Gasteiger partial charge on any atom is -0.313 e. The number of anilines is 2. The van der Waals surface area contributed by atoms with Gasteiger partial charge in [0.1, 0.15) is 0 Å². The summed E-state index contributed by atoms with van der Waals surface area (Å²) in [5.74, 6) is 1.56. The van der Waals surface area contributed by atoms with Crippen LogP contribution in [0.4, 0.5) is 11.8 Å². The maximum atomic E-state index is 4.21. The standard InChI is InChI=1S/C10H13N5/c1-3-6-15-8-5-11-10(15)12-9-4-7-14(2)13-9/h3-5,7-8H,1,6H2,2H3,(H,11,12,13). The summed E-state index contributed by atoms with van der Waals surface area (Å²) in [5.41, 5.74) is 0. The van der Waals surface area contributed by atoms with Crippen molar-refractivity contribution in [2.45, 2.75) is 6.54 Å². The van der Waals surface area contributed by atoms with Gasteiger partial charge >= 0.3 is 0 Å². The molecule has 0 bridgehead atoms. The van der Waals surface area contributed by atoms with Gasteiger partial charge in [-0.2, -0.15) is 5.10 Å². The number of hydrogen-bond acceptors (Lipinski definition) is 3. The molecule has 5 heteroatoms. The van der Waals surface area contributed by atoms with E-state index in [9.17, 15) is 0 Å². The van der Waals surface area contributed by atoms with Crippen LogP contribution in [0.1, 0.15) is 0 Å². The van der Waals surface area contributed by atoms with Crippen molar-refractivity contribution in [3.05, 3.63) is 37.3 Å². The van der Waals surface area contributed by atoms with Gasteiger partial charge in [0.05, 0.1) is 0 Å². The number of aromatic nitrogens is 4. The number of nitrogens with zero attached hydrogens (tertiary/aromatic N) is 4. The van der Waals surface area contributed by atoms with Crippen molar-refractivity contribution in [2.24, 2.45) is 7.05 Å². The quantitative estimate of drug-likeness (QED) is 0.767. The van der Waals surface area contributed by atoms with E-state index in [1.165, 1.54) is 0 Å². The molecule has 0 saturated heterocycles. The average Bonchev–Trinajstić information content (AvgIpc) is 2.78. The molecule has 0 fully saturated rings. The molecule has 0 atom stereocenters. The van der Waals surface area contributed by atoms with E-state index in [0.29, 0.717) is 0 Å². The Morgan fingerprint density at radius 3 is 3.07 bits per heavy atom. The number of hydrogen-bond donors (Lipinski definition) is 1. The summed E-state index contributed by atoms with van der Waals surface area (Å²) in [7, 11) is 1.88. The van der Waals surface area contributed by atoms with Gasteiger partial charge in [0.15, 0.2) is 5.82 Å². The van der Waals surface area contributed by atoms with Crippen LogP contribution in [0.3, 0.4) is 0 Å². The fraction of sp³-hybridized carbons (Fsp3) is 0.200. The average molecular weight is 203 g/mol. The first kappa shape index (κ1) is 9.51. The molecule has 2 rings (SSSR count). The molecule has 5 nitrogen and oxygen atoms in total. The smallest absolute Gasteiger partial charge is 0.208 e. The second kappa shape index (κ2) is 4.00. The van der Waals surface area contributed by atoms with Crippen molar-refractivity contribution in [1.29, 1.82) is 0 Å². The second-order valence-corrected chi connectivity index (χ2v) is 3.19. The van der Waals surface area contributed by atoms with Gasteiger partial charge in [-0.3, -0.25) is 4.68 Å². The largest absolute Gasteiger partial charge is 0.313 e. The Hall–Kier alpha value is -2.04. The number of imidazole rings is 1. The fourth-order valence-corrected chi connectivity index (χ4v) is 1.32. The Balaban J connectivity index is 2.16. The van der Waals surface area contributed by atoms with E-state index in [1.807, 2.05) is 36.2 Å². The lowest BCUT2D eigenvalue weighted by Crippen LogP contribution is -2.02. The Kier molecular flexibility index (Phi) is 2.53. The highest BCUT2D eigenvalue weighted by Gasteiger charge is 2.02. The number of nitrogens with one attached hydrogen (secondary N) is 1. The first-order chi connectivity index (χ1) is 7.29. The van der Waals surface area contributed by atoms with E-state index in [0.717, 1.165) is 18.3 Å². The highest BCUT2D eigenvalue weighted by Crippen LogP contribution is 2.11. The third kappa shape index (κ3) is 2.07. The van der Waals surface area contributed by atoms with Crippen molar-refractivity contribution >= 4 is 11.8 Å². The van der Waals surface area contributed by atoms with Crippen molar-refractivity contribution in [1.82, 2.24) is 19.3 Å². The molecule has 0 aliphatic carbocycles. The molecule has 0 aliphatic rings. The van der Waals surface area contributed by atoms with Crippen LogP contribution in [0.25, 0.3) is 0 Å². The molecule has 0 aliphatic heterocycles. The third-order valence-electron chi connectivity index (χ3n) is 1.99. The van der Waals surface area contributed by atoms with Gasteiger partial charge in [0.25, 0.3) is 0 Å². The summed E-state index contributed by atoms with van der Waals surface area (Å²) in [6, 6.07) is 1.90. The van der Waals surface area contributed by atoms with Crippen molar-refractivity contribution in [3.8, 4) is 0 Å². The predicted molar refractivity (Wildman–Crippen MR) is 58.9 cm³/mol. The molecular formula is C10H13N5. The molecule has 78 valence electrons. The van der Waals surface area contributed by atoms with Gasteiger partial charge in [-0.05, 0) is 0 Å². The Morgan fingerprint density at radius 1 is 1.53 bits per heavy atom. The summed E-state index contributed by atoms with van der Waals surface area (Å²) in [4.78, 5) is 4.19. The maximum Gasteiger partial charge on any atom is 0.208 e. The number of aryl methyl sites for hydroxylation is 1. The first-order valence-electron chi connectivity index (χ1n) is 4.68. The molecule has 15 heavy (non-hydrogen) atoms. The maximum absolute atomic E-state index is 4.21. The predicted octanol–water partition coefficient (Wildman–Crippen LogP) is 1.55. The van der Waals surface area contributed by atoms with Crippen LogP contribution in [0.5, 0.6) is 0 Å². The van der Waals surface area contributed by atoms with E-state index < -0.39 is 0 Å². The van der Waals surface area contributed by atoms with Crippen molar-refractivity contribution < 1.29 is 0 Å². The van der Waals surface area contributed by atoms with E-state index in [1.54, 1.807) is 10.9 Å². The molecule has 2 aromatic heterocycles. The van der Waals surface area contributed by atoms with E-state index in [-0.39, 0.29) is 0 Å². The normalized spacial score (nSPS) is 10.2. The monoisotopic (exact) mass is 203 g/mol. The Labute approximate surface area is 88.1 Å². The van der Waals surface area contributed by atoms with Gasteiger partial charge in [0.2, 0.25) is 5.95 Å². The number of allylic oxidation sites excluding steroid dienone is 1. The van der Waals surface area contributed by atoms with Crippen LogP contribution in [0.15, 0.2) is 37.3 Å². The molecule has 0 aromatic carbocycles. The second-order valence-electron chi connectivity index (χ2n) is 3.19. The topological polar surface area (TPSA) is 47.7 Å². The molecule has 0 radical (unpaired) electrons. The molecule has 1 N–H and O–H groups in total. The van der Waals surface area contributed by atoms with Crippen LogP contribution in [-0.2, 0) is 13.6 Å². The minimum absolute atomic E-state index is 0.731. The minimum atomic E-state index is 0.731. The third-order valence-corrected chi connectivity index (χ3v) is 1.99. The van der Waals surface area contributed by atoms with Gasteiger partial charge in [-0.25, -0.2) is 4.98 Å². The fourth-order valence-electron chi connectivity index (χ4n) is 1.32. The van der Waals surface area contributed by atoms with E-state index in [4.69, 9.17) is 0 Å². The summed E-state index contributed by atoms with van der Waals surface area (Å²) in [6.07, 6.45) is 7.34. The van der Waals surface area contributed by atoms with Gasteiger partial charge in [0, 0.05) is 38.2 Å². The lowest BCUT2D eigenvalue weighted by Gasteiger charge is -2.04. The highest BCUT2D eigenvalue weighted by atomic mass is 15.3. The van der Waals surface area contributed by atoms with Crippen molar-refractivity contribution in [3.63, 3.8) is 0 Å². The van der Waals surface area contributed by atoms with E-state index >= 15 is 0 Å². The number of rotatable bonds is 4. The summed E-state index contributed by atoms with van der Waals surface area (Å²) in [6.45, 7) is 4.42. The van der Waals surface area contributed by atoms with Crippen LogP contribution in [0.2, 0.25) is 0 Å². The van der Waals surface area contributed by atoms with Gasteiger partial charge in [-0.15, -0.1) is 6.58 Å². The zero-order chi connectivity index (χ0) is 10.7. The molecule has 0 saturated carbocycles. The van der Waals surface area contributed by atoms with Crippen LogP contribution >= 0.6 is 0 Å².